The van der Waals surface area contributed by atoms with Gasteiger partial charge in [0.1, 0.15) is 17.3 Å². The largest absolute Gasteiger partial charge is 0.491 e. The normalized spacial score (nSPS) is 14.0. The molecule has 0 unspecified atom stereocenters. The number of ether oxygens (including phenoxy) is 1. The number of nitrogens with zero attached hydrogens (tertiary/aromatic N) is 1. The fraction of sp³-hybridized carbons (Fsp3) is 0.200. The Bertz CT molecular complexity index is 390. The van der Waals surface area contributed by atoms with Crippen LogP contribution in [0.2, 0.25) is 0 Å². The van der Waals surface area contributed by atoms with Crippen LogP contribution >= 0.6 is 0 Å². The van der Waals surface area contributed by atoms with Gasteiger partial charge in [-0.2, -0.15) is 0 Å². The summed E-state index contributed by atoms with van der Waals surface area (Å²) < 4.78 is 5.49. The second-order valence-electron chi connectivity index (χ2n) is 3.01. The van der Waals surface area contributed by atoms with E-state index in [0.717, 1.165) is 11.4 Å². The van der Waals surface area contributed by atoms with Crippen LogP contribution in [0, 0.1) is 0 Å². The smallest absolute Gasteiger partial charge is 0.225 e. The van der Waals surface area contributed by atoms with Gasteiger partial charge in [0.25, 0.3) is 0 Å². The van der Waals surface area contributed by atoms with Gasteiger partial charge in [0.15, 0.2) is 0 Å². The topological polar surface area (TPSA) is 62.7 Å². The molecule has 1 amide bonds. The molecule has 2 N–H and O–H groups in total. The summed E-state index contributed by atoms with van der Waals surface area (Å²) in [6.07, 6.45) is 1.20. The number of carbonyl (C=O) groups is 1. The Hall–Kier alpha value is -2.04. The van der Waals surface area contributed by atoms with E-state index >= 15 is 0 Å². The minimum atomic E-state index is 0.545. The van der Waals surface area contributed by atoms with Crippen LogP contribution in [-0.4, -0.2) is 18.9 Å². The number of aliphatic imine (C=N–C) groups is 1. The number of amidine groups is 1. The van der Waals surface area contributed by atoms with Crippen LogP contribution in [0.1, 0.15) is 6.42 Å². The van der Waals surface area contributed by atoms with E-state index < -0.39 is 0 Å². The van der Waals surface area contributed by atoms with Crippen LogP contribution in [0.4, 0.5) is 5.69 Å². The van der Waals surface area contributed by atoms with Crippen molar-refractivity contribution in [1.82, 2.24) is 10.9 Å². The number of carbonyl (C=O) groups excluding carboxylic acids is 1. The van der Waals surface area contributed by atoms with E-state index in [1.165, 1.54) is 0 Å². The molecule has 15 heavy (non-hydrogen) atoms. The summed E-state index contributed by atoms with van der Waals surface area (Å²) in [4.78, 5) is 14.5. The third kappa shape index (κ3) is 2.25. The second-order valence-corrected chi connectivity index (χ2v) is 3.01. The fourth-order valence-electron chi connectivity index (χ4n) is 1.33. The highest BCUT2D eigenvalue weighted by molar-refractivity contribution is 5.86. The van der Waals surface area contributed by atoms with Crippen molar-refractivity contribution in [2.24, 2.45) is 4.99 Å². The molecule has 1 heterocycles. The van der Waals surface area contributed by atoms with Crippen LogP contribution in [0.15, 0.2) is 29.3 Å². The third-order valence-corrected chi connectivity index (χ3v) is 1.99. The zero-order chi connectivity index (χ0) is 10.5. The molecular weight excluding hydrogens is 194 g/mol. The molecule has 0 saturated carbocycles. The molecule has 1 aromatic rings. The average Bonchev–Trinajstić information content (AvgIpc) is 2.47. The van der Waals surface area contributed by atoms with Crippen molar-refractivity contribution >= 4 is 17.9 Å². The molecule has 0 bridgehead atoms. The van der Waals surface area contributed by atoms with Crippen molar-refractivity contribution in [2.75, 3.05) is 6.61 Å². The van der Waals surface area contributed by atoms with Gasteiger partial charge in [-0.25, -0.2) is 4.99 Å². The summed E-state index contributed by atoms with van der Waals surface area (Å²) in [5.41, 5.74) is 5.83. The summed E-state index contributed by atoms with van der Waals surface area (Å²) >= 11 is 0. The fourth-order valence-corrected chi connectivity index (χ4v) is 1.33. The van der Waals surface area contributed by atoms with Crippen LogP contribution in [0.25, 0.3) is 0 Å². The van der Waals surface area contributed by atoms with Gasteiger partial charge in [-0.05, 0) is 12.1 Å². The Kier molecular flexibility index (Phi) is 2.82. The van der Waals surface area contributed by atoms with Gasteiger partial charge in [0.05, 0.1) is 6.61 Å². The molecule has 1 aliphatic rings. The van der Waals surface area contributed by atoms with E-state index in [4.69, 9.17) is 4.74 Å². The molecule has 0 aliphatic carbocycles. The Balaban J connectivity index is 2.21. The Morgan fingerprint density at radius 3 is 3.13 bits per heavy atom. The van der Waals surface area contributed by atoms with E-state index in [1.54, 1.807) is 0 Å². The lowest BCUT2D eigenvalue weighted by atomic mass is 10.3. The lowest BCUT2D eigenvalue weighted by Crippen LogP contribution is -2.36. The maximum absolute atomic E-state index is 10.1. The predicted molar refractivity (Wildman–Crippen MR) is 56.0 cm³/mol. The van der Waals surface area contributed by atoms with Gasteiger partial charge >= 0.3 is 0 Å². The molecule has 0 radical (unpaired) electrons. The van der Waals surface area contributed by atoms with Crippen LogP contribution < -0.4 is 15.6 Å². The van der Waals surface area contributed by atoms with Gasteiger partial charge < -0.3 is 4.74 Å². The minimum absolute atomic E-state index is 0.545. The predicted octanol–water partition coefficient (Wildman–Crippen LogP) is 0.750. The van der Waals surface area contributed by atoms with Crippen molar-refractivity contribution in [2.45, 2.75) is 6.42 Å². The minimum Gasteiger partial charge on any atom is -0.491 e. The van der Waals surface area contributed by atoms with Gasteiger partial charge in [-0.3, -0.25) is 15.6 Å². The highest BCUT2D eigenvalue weighted by Crippen LogP contribution is 2.28. The van der Waals surface area contributed by atoms with E-state index in [9.17, 15) is 4.79 Å². The van der Waals surface area contributed by atoms with Crippen molar-refractivity contribution in [1.29, 1.82) is 0 Å². The first-order valence-corrected chi connectivity index (χ1v) is 4.65. The van der Waals surface area contributed by atoms with Crippen LogP contribution in [0.5, 0.6) is 5.75 Å². The number of nitrogens with one attached hydrogen (secondary N) is 2. The highest BCUT2D eigenvalue weighted by atomic mass is 16.5. The van der Waals surface area contributed by atoms with Crippen LogP contribution in [0.3, 0.4) is 0 Å². The molecular formula is C10H11N3O2. The van der Waals surface area contributed by atoms with E-state index in [0.29, 0.717) is 25.3 Å². The molecule has 0 saturated heterocycles. The maximum atomic E-state index is 10.1. The van der Waals surface area contributed by atoms with Gasteiger partial charge in [-0.15, -0.1) is 0 Å². The molecule has 1 aromatic carbocycles. The molecule has 5 heteroatoms. The van der Waals surface area contributed by atoms with Gasteiger partial charge in [-0.1, -0.05) is 12.1 Å². The Labute approximate surface area is 87.1 Å². The summed E-state index contributed by atoms with van der Waals surface area (Å²) in [7, 11) is 0. The first-order chi connectivity index (χ1) is 7.40. The maximum Gasteiger partial charge on any atom is 0.225 e. The number of hydrazine groups is 1. The SMILES string of the molecule is O=CNNC1=Nc2ccccc2OCC1. The molecule has 0 fully saturated rings. The summed E-state index contributed by atoms with van der Waals surface area (Å²) in [6.45, 7) is 0.545. The van der Waals surface area contributed by atoms with Gasteiger partial charge in [0, 0.05) is 6.42 Å². The lowest BCUT2D eigenvalue weighted by molar-refractivity contribution is -0.110. The number of fused-ring (bicyclic) bond motifs is 1. The standard InChI is InChI=1S/C10H11N3O2/c14-7-11-13-10-5-6-15-9-4-2-1-3-8(9)12-10/h1-4,7H,5-6H2,(H,11,14)(H,12,13). The van der Waals surface area contributed by atoms with E-state index in [-0.39, 0.29) is 0 Å². The van der Waals surface area contributed by atoms with E-state index in [2.05, 4.69) is 15.8 Å². The number of amides is 1. The zero-order valence-electron chi connectivity index (χ0n) is 8.06. The molecule has 78 valence electrons. The quantitative estimate of drug-likeness (QED) is 0.553. The highest BCUT2D eigenvalue weighted by Gasteiger charge is 2.09. The first kappa shape index (κ1) is 9.51. The van der Waals surface area contributed by atoms with Crippen molar-refractivity contribution in [3.63, 3.8) is 0 Å². The number of para-hydroxylation sites is 2. The van der Waals surface area contributed by atoms with Crippen molar-refractivity contribution in [3.8, 4) is 5.75 Å². The number of hydrogen-bond donors (Lipinski definition) is 2. The molecule has 0 spiro atoms. The first-order valence-electron chi connectivity index (χ1n) is 4.65. The molecule has 5 nitrogen and oxygen atoms in total. The second kappa shape index (κ2) is 4.45. The molecule has 2 rings (SSSR count). The van der Waals surface area contributed by atoms with E-state index in [1.807, 2.05) is 24.3 Å². The van der Waals surface area contributed by atoms with Crippen LogP contribution in [-0.2, 0) is 4.79 Å². The lowest BCUT2D eigenvalue weighted by Gasteiger charge is -2.04. The molecule has 1 aliphatic heterocycles. The molecule has 0 atom stereocenters. The Morgan fingerprint density at radius 2 is 2.27 bits per heavy atom. The number of rotatable bonds is 2. The van der Waals surface area contributed by atoms with Gasteiger partial charge in [0.2, 0.25) is 6.41 Å². The number of benzene rings is 1. The average molecular weight is 205 g/mol. The zero-order valence-corrected chi connectivity index (χ0v) is 8.06. The monoisotopic (exact) mass is 205 g/mol. The summed E-state index contributed by atoms with van der Waals surface area (Å²) in [5, 5.41) is 0. The Morgan fingerprint density at radius 1 is 1.40 bits per heavy atom. The summed E-state index contributed by atoms with van der Waals surface area (Å²) in [6, 6.07) is 7.52. The summed E-state index contributed by atoms with van der Waals surface area (Å²) in [5.74, 6) is 1.45. The molecule has 0 aromatic heterocycles. The third-order valence-electron chi connectivity index (χ3n) is 1.99. The number of hydrogen-bond acceptors (Lipinski definition) is 4. The van der Waals surface area contributed by atoms with Crippen molar-refractivity contribution < 1.29 is 9.53 Å². The van der Waals surface area contributed by atoms with Crippen molar-refractivity contribution in [3.05, 3.63) is 24.3 Å².